The van der Waals surface area contributed by atoms with Crippen molar-refractivity contribution in [3.05, 3.63) is 28.6 Å². The van der Waals surface area contributed by atoms with Crippen LogP contribution in [0.5, 0.6) is 5.75 Å². The molecule has 1 aromatic heterocycles. The summed E-state index contributed by atoms with van der Waals surface area (Å²) in [7, 11) is 0. The third kappa shape index (κ3) is 3.03. The summed E-state index contributed by atoms with van der Waals surface area (Å²) in [5, 5.41) is 1.13. The zero-order chi connectivity index (χ0) is 14.7. The molecule has 0 bridgehead atoms. The second kappa shape index (κ2) is 6.44. The van der Waals surface area contributed by atoms with E-state index in [1.54, 1.807) is 18.2 Å². The number of alkyl halides is 1. The average Bonchev–Trinajstić information content (AvgIpc) is 2.54. The number of fused-ring (bicyclic) bond motifs is 1. The van der Waals surface area contributed by atoms with Gasteiger partial charge in [-0.25, -0.2) is 0 Å². The van der Waals surface area contributed by atoms with E-state index in [0.717, 1.165) is 0 Å². The first kappa shape index (κ1) is 14.3. The van der Waals surface area contributed by atoms with Gasteiger partial charge in [0, 0.05) is 18.4 Å². The van der Waals surface area contributed by atoms with Gasteiger partial charge in [-0.2, -0.15) is 4.98 Å². The van der Waals surface area contributed by atoms with E-state index in [0.29, 0.717) is 61.0 Å². The van der Waals surface area contributed by atoms with Gasteiger partial charge < -0.3 is 18.8 Å². The summed E-state index contributed by atoms with van der Waals surface area (Å²) in [6.45, 7) is 3.02. The highest BCUT2D eigenvalue weighted by molar-refractivity contribution is 9.09. The molecule has 112 valence electrons. The number of halogens is 1. The minimum Gasteiger partial charge on any atom is -0.489 e. The Morgan fingerprint density at radius 1 is 1.33 bits per heavy atom. The minimum atomic E-state index is -0.304. The molecule has 21 heavy (non-hydrogen) atoms. The van der Waals surface area contributed by atoms with Crippen molar-refractivity contribution >= 4 is 32.9 Å². The Morgan fingerprint density at radius 2 is 2.14 bits per heavy atom. The summed E-state index contributed by atoms with van der Waals surface area (Å²) in [5.74, 6) is 0.556. The lowest BCUT2D eigenvalue weighted by Crippen LogP contribution is -2.37. The fourth-order valence-electron chi connectivity index (χ4n) is 2.20. The first-order valence-corrected chi connectivity index (χ1v) is 7.87. The number of nitrogens with zero attached hydrogens (tertiary/aromatic N) is 2. The summed E-state index contributed by atoms with van der Waals surface area (Å²) in [5.41, 5.74) is 0.141. The molecule has 0 radical (unpaired) electrons. The Hall–Kier alpha value is -1.60. The van der Waals surface area contributed by atoms with Gasteiger partial charge >= 0.3 is 6.01 Å². The van der Waals surface area contributed by atoms with Crippen LogP contribution in [0.4, 0.5) is 6.01 Å². The van der Waals surface area contributed by atoms with Crippen LogP contribution in [0.1, 0.15) is 0 Å². The Morgan fingerprint density at radius 3 is 2.90 bits per heavy atom. The fraction of sp³-hybridized carbons (Fsp3) is 0.429. The summed E-state index contributed by atoms with van der Waals surface area (Å²) in [6, 6.07) is 5.57. The normalized spacial score (nSPS) is 15.4. The molecule has 0 unspecified atom stereocenters. The lowest BCUT2D eigenvalue weighted by Gasteiger charge is -2.26. The molecular weight excluding hydrogens is 340 g/mol. The van der Waals surface area contributed by atoms with Crippen LogP contribution in [-0.2, 0) is 4.74 Å². The van der Waals surface area contributed by atoms with Crippen molar-refractivity contribution in [2.24, 2.45) is 0 Å². The predicted molar refractivity (Wildman–Crippen MR) is 82.6 cm³/mol. The zero-order valence-corrected chi connectivity index (χ0v) is 13.0. The number of ether oxygens (including phenoxy) is 2. The Kier molecular flexibility index (Phi) is 4.40. The maximum atomic E-state index is 12.2. The Labute approximate surface area is 129 Å². The highest BCUT2D eigenvalue weighted by Crippen LogP contribution is 2.26. The average molecular weight is 355 g/mol. The van der Waals surface area contributed by atoms with Crippen molar-refractivity contribution < 1.29 is 13.9 Å². The summed E-state index contributed by atoms with van der Waals surface area (Å²) >= 11 is 3.31. The second-order valence-corrected chi connectivity index (χ2v) is 5.36. The van der Waals surface area contributed by atoms with E-state index in [1.165, 1.54) is 0 Å². The molecule has 0 amide bonds. The van der Waals surface area contributed by atoms with Gasteiger partial charge in [-0.05, 0) is 12.1 Å². The molecule has 2 heterocycles. The van der Waals surface area contributed by atoms with Gasteiger partial charge in [0.2, 0.25) is 0 Å². The highest BCUT2D eigenvalue weighted by Gasteiger charge is 2.18. The number of hydrogen-bond donors (Lipinski definition) is 0. The monoisotopic (exact) mass is 354 g/mol. The number of benzene rings is 1. The maximum absolute atomic E-state index is 12.2. The van der Waals surface area contributed by atoms with Crippen LogP contribution in [0.3, 0.4) is 0 Å². The molecule has 0 spiro atoms. The molecule has 1 aliphatic heterocycles. The number of para-hydroxylation sites is 1. The number of anilines is 1. The van der Waals surface area contributed by atoms with E-state index in [-0.39, 0.29) is 5.56 Å². The molecule has 0 aliphatic carbocycles. The smallest absolute Gasteiger partial charge is 0.301 e. The molecule has 7 heteroatoms. The first-order valence-electron chi connectivity index (χ1n) is 6.75. The van der Waals surface area contributed by atoms with Crippen molar-refractivity contribution in [3.63, 3.8) is 0 Å². The van der Waals surface area contributed by atoms with Crippen molar-refractivity contribution in [3.8, 4) is 5.75 Å². The van der Waals surface area contributed by atoms with Gasteiger partial charge in [-0.1, -0.05) is 22.0 Å². The molecule has 1 aliphatic rings. The Bertz CT molecular complexity index is 682. The summed E-state index contributed by atoms with van der Waals surface area (Å²) < 4.78 is 16.7. The molecule has 1 fully saturated rings. The van der Waals surface area contributed by atoms with E-state index >= 15 is 0 Å². The number of morpholine rings is 1. The molecule has 3 rings (SSSR count). The van der Waals surface area contributed by atoms with Gasteiger partial charge in [0.15, 0.2) is 11.3 Å². The van der Waals surface area contributed by atoms with Crippen LogP contribution >= 0.6 is 15.9 Å². The topological polar surface area (TPSA) is 64.8 Å². The number of hydrogen-bond acceptors (Lipinski definition) is 6. The van der Waals surface area contributed by atoms with Crippen molar-refractivity contribution in [1.82, 2.24) is 4.98 Å². The third-order valence-electron chi connectivity index (χ3n) is 3.22. The van der Waals surface area contributed by atoms with Crippen LogP contribution in [0.2, 0.25) is 0 Å². The van der Waals surface area contributed by atoms with E-state index in [4.69, 9.17) is 13.9 Å². The van der Waals surface area contributed by atoms with Gasteiger partial charge in [-0.3, -0.25) is 4.79 Å². The second-order valence-electron chi connectivity index (χ2n) is 4.57. The minimum absolute atomic E-state index is 0.304. The van der Waals surface area contributed by atoms with E-state index in [1.807, 2.05) is 4.90 Å². The van der Waals surface area contributed by atoms with Crippen LogP contribution in [0.15, 0.2) is 27.4 Å². The van der Waals surface area contributed by atoms with Crippen molar-refractivity contribution in [1.29, 1.82) is 0 Å². The predicted octanol–water partition coefficient (Wildman–Crippen LogP) is 1.80. The first-order chi connectivity index (χ1) is 10.3. The molecule has 2 aromatic rings. The number of aromatic nitrogens is 1. The molecule has 0 atom stereocenters. The van der Waals surface area contributed by atoms with Gasteiger partial charge in [0.1, 0.15) is 0 Å². The molecule has 6 nitrogen and oxygen atoms in total. The fourth-order valence-corrected chi connectivity index (χ4v) is 2.36. The van der Waals surface area contributed by atoms with Crippen LogP contribution in [-0.4, -0.2) is 43.2 Å². The van der Waals surface area contributed by atoms with Crippen molar-refractivity contribution in [2.45, 2.75) is 0 Å². The van der Waals surface area contributed by atoms with Crippen molar-refractivity contribution in [2.75, 3.05) is 43.1 Å². The molecular formula is C14H15BrN2O4. The van der Waals surface area contributed by atoms with Crippen LogP contribution in [0, 0.1) is 0 Å². The summed E-state index contributed by atoms with van der Waals surface area (Å²) in [4.78, 5) is 18.1. The van der Waals surface area contributed by atoms with E-state index in [2.05, 4.69) is 20.9 Å². The standard InChI is InChI=1S/C14H15BrN2O4/c15-4-7-20-11-3-1-2-10-12(11)21-14(16-13(10)18)17-5-8-19-9-6-17/h1-3H,4-9H2. The summed E-state index contributed by atoms with van der Waals surface area (Å²) in [6.07, 6.45) is 0. The van der Waals surface area contributed by atoms with Crippen LogP contribution in [0.25, 0.3) is 11.0 Å². The molecule has 1 saturated heterocycles. The largest absolute Gasteiger partial charge is 0.489 e. The highest BCUT2D eigenvalue weighted by atomic mass is 79.9. The molecule has 0 saturated carbocycles. The zero-order valence-electron chi connectivity index (χ0n) is 11.4. The van der Waals surface area contributed by atoms with E-state index < -0.39 is 0 Å². The van der Waals surface area contributed by atoms with Gasteiger partial charge in [0.05, 0.1) is 25.2 Å². The van der Waals surface area contributed by atoms with E-state index in [9.17, 15) is 4.79 Å². The van der Waals surface area contributed by atoms with Crippen LogP contribution < -0.4 is 15.2 Å². The van der Waals surface area contributed by atoms with Gasteiger partial charge in [0.25, 0.3) is 5.56 Å². The number of rotatable bonds is 4. The maximum Gasteiger partial charge on any atom is 0.301 e. The quantitative estimate of drug-likeness (QED) is 0.780. The van der Waals surface area contributed by atoms with Gasteiger partial charge in [-0.15, -0.1) is 0 Å². The Balaban J connectivity index is 2.05. The lowest BCUT2D eigenvalue weighted by atomic mass is 10.2. The SMILES string of the molecule is O=c1nc(N2CCOCC2)oc2c(OCCBr)cccc12. The third-order valence-corrected chi connectivity index (χ3v) is 3.54. The lowest BCUT2D eigenvalue weighted by molar-refractivity contribution is 0.120. The molecule has 0 N–H and O–H groups in total. The molecule has 1 aromatic carbocycles.